The lowest BCUT2D eigenvalue weighted by atomic mass is 10.1. The van der Waals surface area contributed by atoms with Crippen LogP contribution in [0.5, 0.6) is 0 Å². The maximum atomic E-state index is 12.1. The number of carbonyl (C=O) groups is 1. The summed E-state index contributed by atoms with van der Waals surface area (Å²) >= 11 is 0. The second-order valence-electron chi connectivity index (χ2n) is 4.51. The number of aliphatic hydroxyl groups excluding tert-OH is 1. The van der Waals surface area contributed by atoms with Crippen molar-refractivity contribution < 1.29 is 14.6 Å². The standard InChI is InChI=1S/C15H16N2O3/c16-9-13-3-1-12(2-4-13)5-6-15(19)17-7-8-20-11-14(17)10-18/h1-6,14,18H,7-8,10-11H2/b6-5+. The molecule has 0 radical (unpaired) electrons. The zero-order valence-electron chi connectivity index (χ0n) is 11.0. The Morgan fingerprint density at radius 2 is 2.25 bits per heavy atom. The third kappa shape index (κ3) is 3.44. The van der Waals surface area contributed by atoms with E-state index in [1.165, 1.54) is 6.08 Å². The van der Waals surface area contributed by atoms with Crippen LogP contribution in [0.4, 0.5) is 0 Å². The van der Waals surface area contributed by atoms with Crippen molar-refractivity contribution in [3.63, 3.8) is 0 Å². The van der Waals surface area contributed by atoms with Crippen LogP contribution < -0.4 is 0 Å². The Balaban J connectivity index is 2.02. The third-order valence-electron chi connectivity index (χ3n) is 3.18. The number of hydrogen-bond acceptors (Lipinski definition) is 4. The highest BCUT2D eigenvalue weighted by Gasteiger charge is 2.24. The summed E-state index contributed by atoms with van der Waals surface area (Å²) < 4.78 is 5.23. The predicted molar refractivity (Wildman–Crippen MR) is 73.6 cm³/mol. The normalized spacial score (nSPS) is 19.0. The first-order chi connectivity index (χ1) is 9.74. The summed E-state index contributed by atoms with van der Waals surface area (Å²) in [6, 6.07) is 8.74. The Morgan fingerprint density at radius 3 is 2.90 bits per heavy atom. The van der Waals surface area contributed by atoms with Gasteiger partial charge in [-0.2, -0.15) is 5.26 Å². The Labute approximate surface area is 117 Å². The highest BCUT2D eigenvalue weighted by atomic mass is 16.5. The summed E-state index contributed by atoms with van der Waals surface area (Å²) in [5.41, 5.74) is 1.44. The molecule has 1 heterocycles. The van der Waals surface area contributed by atoms with Crippen LogP contribution in [0, 0.1) is 11.3 Å². The van der Waals surface area contributed by atoms with Crippen LogP contribution in [0.15, 0.2) is 30.3 Å². The van der Waals surface area contributed by atoms with E-state index in [9.17, 15) is 9.90 Å². The number of morpholine rings is 1. The van der Waals surface area contributed by atoms with Gasteiger partial charge in [0.25, 0.3) is 0 Å². The average Bonchev–Trinajstić information content (AvgIpc) is 2.53. The highest BCUT2D eigenvalue weighted by molar-refractivity contribution is 5.92. The van der Waals surface area contributed by atoms with E-state index >= 15 is 0 Å². The fourth-order valence-corrected chi connectivity index (χ4v) is 2.03. The molecule has 1 atom stereocenters. The van der Waals surface area contributed by atoms with E-state index in [1.54, 1.807) is 35.2 Å². The number of ether oxygens (including phenoxy) is 1. The minimum Gasteiger partial charge on any atom is -0.394 e. The second-order valence-corrected chi connectivity index (χ2v) is 4.51. The number of nitriles is 1. The van der Waals surface area contributed by atoms with E-state index < -0.39 is 0 Å². The average molecular weight is 272 g/mol. The van der Waals surface area contributed by atoms with Crippen LogP contribution in [0.25, 0.3) is 6.08 Å². The van der Waals surface area contributed by atoms with Gasteiger partial charge < -0.3 is 14.7 Å². The quantitative estimate of drug-likeness (QED) is 0.826. The molecule has 5 heteroatoms. The van der Waals surface area contributed by atoms with Gasteiger partial charge in [-0.25, -0.2) is 0 Å². The Hall–Kier alpha value is -2.16. The molecule has 2 rings (SSSR count). The fourth-order valence-electron chi connectivity index (χ4n) is 2.03. The zero-order chi connectivity index (χ0) is 14.4. The monoisotopic (exact) mass is 272 g/mol. The van der Waals surface area contributed by atoms with Crippen molar-refractivity contribution in [1.82, 2.24) is 4.90 Å². The van der Waals surface area contributed by atoms with Gasteiger partial charge in [0.05, 0.1) is 37.5 Å². The molecule has 0 spiro atoms. The summed E-state index contributed by atoms with van der Waals surface area (Å²) in [6.45, 7) is 1.25. The van der Waals surface area contributed by atoms with E-state index in [4.69, 9.17) is 10.00 Å². The van der Waals surface area contributed by atoms with Gasteiger partial charge in [0, 0.05) is 12.6 Å². The predicted octanol–water partition coefficient (Wildman–Crippen LogP) is 0.791. The van der Waals surface area contributed by atoms with Crippen molar-refractivity contribution >= 4 is 12.0 Å². The molecule has 1 aromatic carbocycles. The van der Waals surface area contributed by atoms with E-state index in [0.717, 1.165) is 5.56 Å². The topological polar surface area (TPSA) is 73.6 Å². The van der Waals surface area contributed by atoms with Gasteiger partial charge in [-0.1, -0.05) is 12.1 Å². The second kappa shape index (κ2) is 6.85. The molecule has 1 aliphatic rings. The van der Waals surface area contributed by atoms with E-state index in [-0.39, 0.29) is 18.6 Å². The summed E-state index contributed by atoms with van der Waals surface area (Å²) in [4.78, 5) is 13.7. The molecule has 1 amide bonds. The Bertz CT molecular complexity index is 531. The maximum absolute atomic E-state index is 12.1. The molecule has 0 aliphatic carbocycles. The zero-order valence-corrected chi connectivity index (χ0v) is 11.0. The largest absolute Gasteiger partial charge is 0.394 e. The van der Waals surface area contributed by atoms with Crippen molar-refractivity contribution in [1.29, 1.82) is 5.26 Å². The van der Waals surface area contributed by atoms with Crippen molar-refractivity contribution in [2.45, 2.75) is 6.04 Å². The highest BCUT2D eigenvalue weighted by Crippen LogP contribution is 2.09. The molecule has 20 heavy (non-hydrogen) atoms. The van der Waals surface area contributed by atoms with Crippen LogP contribution in [0.2, 0.25) is 0 Å². The first-order valence-electron chi connectivity index (χ1n) is 6.42. The maximum Gasteiger partial charge on any atom is 0.247 e. The van der Waals surface area contributed by atoms with Crippen molar-refractivity contribution in [3.05, 3.63) is 41.5 Å². The smallest absolute Gasteiger partial charge is 0.247 e. The molecule has 104 valence electrons. The first-order valence-corrected chi connectivity index (χ1v) is 6.42. The van der Waals surface area contributed by atoms with E-state index in [2.05, 4.69) is 0 Å². The van der Waals surface area contributed by atoms with Crippen LogP contribution in [0.1, 0.15) is 11.1 Å². The van der Waals surface area contributed by atoms with Crippen LogP contribution >= 0.6 is 0 Å². The fraction of sp³-hybridized carbons (Fsp3) is 0.333. The van der Waals surface area contributed by atoms with Crippen molar-refractivity contribution in [3.8, 4) is 6.07 Å². The molecular weight excluding hydrogens is 256 g/mol. The van der Waals surface area contributed by atoms with Crippen molar-refractivity contribution in [2.75, 3.05) is 26.4 Å². The molecule has 1 aromatic rings. The summed E-state index contributed by atoms with van der Waals surface area (Å²) in [7, 11) is 0. The summed E-state index contributed by atoms with van der Waals surface area (Å²) in [5, 5.41) is 17.9. The minimum absolute atomic E-state index is 0.101. The molecule has 1 N–H and O–H groups in total. The van der Waals surface area contributed by atoms with Gasteiger partial charge in [0.1, 0.15) is 0 Å². The summed E-state index contributed by atoms with van der Waals surface area (Å²) in [6.07, 6.45) is 3.18. The molecular formula is C15H16N2O3. The number of amides is 1. The Kier molecular flexibility index (Phi) is 4.88. The summed E-state index contributed by atoms with van der Waals surface area (Å²) in [5.74, 6) is -0.142. The lowest BCUT2D eigenvalue weighted by molar-refractivity contribution is -0.136. The van der Waals surface area contributed by atoms with Gasteiger partial charge in [-0.3, -0.25) is 4.79 Å². The molecule has 5 nitrogen and oxygen atoms in total. The van der Waals surface area contributed by atoms with Crippen molar-refractivity contribution in [2.24, 2.45) is 0 Å². The number of benzene rings is 1. The number of aliphatic hydroxyl groups is 1. The molecule has 0 saturated carbocycles. The van der Waals surface area contributed by atoms with E-state index in [0.29, 0.717) is 25.3 Å². The molecule has 0 aromatic heterocycles. The number of hydrogen-bond donors (Lipinski definition) is 1. The van der Waals surface area contributed by atoms with Gasteiger partial charge >= 0.3 is 0 Å². The number of rotatable bonds is 3. The third-order valence-corrected chi connectivity index (χ3v) is 3.18. The molecule has 0 bridgehead atoms. The first kappa shape index (κ1) is 14.3. The van der Waals surface area contributed by atoms with Crippen LogP contribution in [-0.4, -0.2) is 48.3 Å². The Morgan fingerprint density at radius 1 is 1.50 bits per heavy atom. The lowest BCUT2D eigenvalue weighted by Gasteiger charge is -2.33. The van der Waals surface area contributed by atoms with E-state index in [1.807, 2.05) is 6.07 Å². The van der Waals surface area contributed by atoms with Gasteiger partial charge in [-0.15, -0.1) is 0 Å². The number of nitrogens with zero attached hydrogens (tertiary/aromatic N) is 2. The van der Waals surface area contributed by atoms with Crippen LogP contribution in [0.3, 0.4) is 0 Å². The van der Waals surface area contributed by atoms with Gasteiger partial charge in [-0.05, 0) is 23.8 Å². The minimum atomic E-state index is -0.276. The molecule has 1 fully saturated rings. The molecule has 1 saturated heterocycles. The SMILES string of the molecule is N#Cc1ccc(/C=C/C(=O)N2CCOCC2CO)cc1. The van der Waals surface area contributed by atoms with Gasteiger partial charge in [0.15, 0.2) is 0 Å². The number of carbonyl (C=O) groups excluding carboxylic acids is 1. The van der Waals surface area contributed by atoms with Gasteiger partial charge in [0.2, 0.25) is 5.91 Å². The lowest BCUT2D eigenvalue weighted by Crippen LogP contribution is -2.49. The van der Waals surface area contributed by atoms with Crippen LogP contribution in [-0.2, 0) is 9.53 Å². The molecule has 1 unspecified atom stereocenters. The molecule has 1 aliphatic heterocycles.